The fourth-order valence-corrected chi connectivity index (χ4v) is 3.49. The number of aryl methyl sites for hydroxylation is 1. The first kappa shape index (κ1) is 19.4. The number of barbiturate groups is 1. The molecule has 3 aromatic rings. The zero-order valence-electron chi connectivity index (χ0n) is 16.3. The van der Waals surface area contributed by atoms with E-state index < -0.39 is 17.8 Å². The maximum absolute atomic E-state index is 14.3. The van der Waals surface area contributed by atoms with Gasteiger partial charge in [-0.1, -0.05) is 12.1 Å². The zero-order chi connectivity index (χ0) is 21.4. The number of carbonyl (C=O) groups is 3. The first-order valence-corrected chi connectivity index (χ1v) is 9.22. The molecule has 0 saturated carbocycles. The molecule has 3 heterocycles. The third-order valence-corrected chi connectivity index (χ3v) is 4.94. The number of nitrogens with zero attached hydrogens (tertiary/aromatic N) is 2. The number of carbonyl (C=O) groups excluding carboxylic acids is 3. The Balaban J connectivity index is 1.72. The second-order valence-corrected chi connectivity index (χ2v) is 6.90. The lowest BCUT2D eigenvalue weighted by Gasteiger charge is -2.25. The lowest BCUT2D eigenvalue weighted by atomic mass is 10.1. The monoisotopic (exact) mass is 407 g/mol. The summed E-state index contributed by atoms with van der Waals surface area (Å²) in [7, 11) is 0. The Morgan fingerprint density at radius 1 is 1.10 bits per heavy atom. The van der Waals surface area contributed by atoms with Crippen molar-refractivity contribution in [2.75, 3.05) is 0 Å². The smallest absolute Gasteiger partial charge is 0.331 e. The van der Waals surface area contributed by atoms with E-state index in [1.807, 2.05) is 0 Å². The van der Waals surface area contributed by atoms with Crippen molar-refractivity contribution in [3.05, 3.63) is 82.8 Å². The van der Waals surface area contributed by atoms with Gasteiger partial charge in [-0.2, -0.15) is 0 Å². The Kier molecular flexibility index (Phi) is 4.83. The number of benzene rings is 1. The minimum absolute atomic E-state index is 0.101. The second kappa shape index (κ2) is 7.47. The number of aromatic nitrogens is 1. The van der Waals surface area contributed by atoms with Crippen molar-refractivity contribution in [3.8, 4) is 5.69 Å². The molecule has 1 saturated heterocycles. The summed E-state index contributed by atoms with van der Waals surface area (Å²) in [6, 6.07) is 10.6. The van der Waals surface area contributed by atoms with Crippen LogP contribution in [-0.2, 0) is 16.1 Å². The number of nitrogens with one attached hydrogen (secondary N) is 1. The summed E-state index contributed by atoms with van der Waals surface area (Å²) in [5, 5.41) is 2.17. The lowest BCUT2D eigenvalue weighted by Crippen LogP contribution is -2.53. The molecule has 0 radical (unpaired) electrons. The molecule has 1 aromatic carbocycles. The van der Waals surface area contributed by atoms with E-state index >= 15 is 0 Å². The highest BCUT2D eigenvalue weighted by Gasteiger charge is 2.36. The normalized spacial score (nSPS) is 15.8. The van der Waals surface area contributed by atoms with Gasteiger partial charge in [0, 0.05) is 11.4 Å². The number of amides is 4. The number of urea groups is 1. The summed E-state index contributed by atoms with van der Waals surface area (Å²) < 4.78 is 21.2. The van der Waals surface area contributed by atoms with Crippen LogP contribution in [0.5, 0.6) is 0 Å². The standard InChI is InChI=1S/C22H18FN3O4/c1-13-10-15(14(2)26(13)19-8-4-3-7-18(19)23)11-17-20(27)24-22(29)25(21(17)28)12-16-6-5-9-30-16/h3-11H,12H2,1-2H3,(H,24,27,29). The lowest BCUT2D eigenvalue weighted by molar-refractivity contribution is -0.130. The molecule has 1 aliphatic rings. The molecule has 7 nitrogen and oxygen atoms in total. The van der Waals surface area contributed by atoms with Gasteiger partial charge in [-0.25, -0.2) is 9.18 Å². The maximum Gasteiger partial charge on any atom is 0.331 e. The molecule has 2 aromatic heterocycles. The molecule has 0 bridgehead atoms. The third-order valence-electron chi connectivity index (χ3n) is 4.94. The average Bonchev–Trinajstić information content (AvgIpc) is 3.31. The Morgan fingerprint density at radius 2 is 1.87 bits per heavy atom. The van der Waals surface area contributed by atoms with Crippen LogP contribution in [0.4, 0.5) is 9.18 Å². The molecule has 0 atom stereocenters. The number of rotatable bonds is 4. The summed E-state index contributed by atoms with van der Waals surface area (Å²) in [4.78, 5) is 38.3. The fourth-order valence-electron chi connectivity index (χ4n) is 3.49. The van der Waals surface area contributed by atoms with Crippen LogP contribution in [0.25, 0.3) is 11.8 Å². The third kappa shape index (κ3) is 3.32. The van der Waals surface area contributed by atoms with E-state index in [4.69, 9.17) is 4.42 Å². The Hall–Kier alpha value is -3.94. The second-order valence-electron chi connectivity index (χ2n) is 6.90. The van der Waals surface area contributed by atoms with Crippen molar-refractivity contribution < 1.29 is 23.2 Å². The van der Waals surface area contributed by atoms with Crippen molar-refractivity contribution in [2.24, 2.45) is 0 Å². The fraction of sp³-hybridized carbons (Fsp3) is 0.136. The van der Waals surface area contributed by atoms with Gasteiger partial charge < -0.3 is 8.98 Å². The number of halogens is 1. The largest absolute Gasteiger partial charge is 0.467 e. The van der Waals surface area contributed by atoms with E-state index in [0.717, 1.165) is 10.6 Å². The van der Waals surface area contributed by atoms with Crippen molar-refractivity contribution in [1.29, 1.82) is 0 Å². The Labute approximate surface area is 171 Å². The van der Waals surface area contributed by atoms with Gasteiger partial charge in [-0.15, -0.1) is 0 Å². The first-order chi connectivity index (χ1) is 14.4. The van der Waals surface area contributed by atoms with Crippen molar-refractivity contribution >= 4 is 23.9 Å². The van der Waals surface area contributed by atoms with E-state index in [-0.39, 0.29) is 17.9 Å². The van der Waals surface area contributed by atoms with Crippen LogP contribution >= 0.6 is 0 Å². The summed E-state index contributed by atoms with van der Waals surface area (Å²) >= 11 is 0. The van der Waals surface area contributed by atoms with Crippen LogP contribution in [0.15, 0.2) is 58.7 Å². The number of hydrogen-bond donors (Lipinski definition) is 1. The van der Waals surface area contributed by atoms with Crippen molar-refractivity contribution in [2.45, 2.75) is 20.4 Å². The van der Waals surface area contributed by atoms with E-state index in [0.29, 0.717) is 22.7 Å². The van der Waals surface area contributed by atoms with Crippen molar-refractivity contribution in [1.82, 2.24) is 14.8 Å². The molecule has 1 fully saturated rings. The van der Waals surface area contributed by atoms with E-state index in [1.54, 1.807) is 54.8 Å². The average molecular weight is 407 g/mol. The van der Waals surface area contributed by atoms with Gasteiger partial charge in [0.25, 0.3) is 11.8 Å². The molecule has 4 amide bonds. The predicted octanol–water partition coefficient (Wildman–Crippen LogP) is 3.49. The van der Waals surface area contributed by atoms with E-state index in [1.165, 1.54) is 18.4 Å². The highest BCUT2D eigenvalue weighted by atomic mass is 19.1. The number of furan rings is 1. The summed E-state index contributed by atoms with van der Waals surface area (Å²) in [6.07, 6.45) is 2.85. The number of hydrogen-bond acceptors (Lipinski definition) is 4. The van der Waals surface area contributed by atoms with Crippen LogP contribution in [0.2, 0.25) is 0 Å². The SMILES string of the molecule is Cc1cc(C=C2C(=O)NC(=O)N(Cc3ccco3)C2=O)c(C)n1-c1ccccc1F. The minimum atomic E-state index is -0.810. The maximum atomic E-state index is 14.3. The van der Waals surface area contributed by atoms with Gasteiger partial charge in [0.1, 0.15) is 17.2 Å². The van der Waals surface area contributed by atoms with E-state index in [9.17, 15) is 18.8 Å². The summed E-state index contributed by atoms with van der Waals surface area (Å²) in [5.41, 5.74) is 2.14. The zero-order valence-corrected chi connectivity index (χ0v) is 16.3. The molecular weight excluding hydrogens is 389 g/mol. The molecular formula is C22H18FN3O4. The molecule has 1 N–H and O–H groups in total. The Bertz CT molecular complexity index is 1190. The molecule has 0 aliphatic carbocycles. The van der Waals surface area contributed by atoms with Gasteiger partial charge in [0.05, 0.1) is 18.5 Å². The summed E-state index contributed by atoms with van der Waals surface area (Å²) in [5.74, 6) is -1.49. The Morgan fingerprint density at radius 3 is 2.57 bits per heavy atom. The molecule has 0 unspecified atom stereocenters. The van der Waals surface area contributed by atoms with Crippen LogP contribution in [-0.4, -0.2) is 27.3 Å². The quantitative estimate of drug-likeness (QED) is 0.530. The molecule has 152 valence electrons. The molecule has 1 aliphatic heterocycles. The van der Waals surface area contributed by atoms with Crippen LogP contribution in [0, 0.1) is 19.7 Å². The molecule has 4 rings (SSSR count). The van der Waals surface area contributed by atoms with Gasteiger partial charge >= 0.3 is 6.03 Å². The molecule has 8 heteroatoms. The highest BCUT2D eigenvalue weighted by molar-refractivity contribution is 6.31. The topological polar surface area (TPSA) is 84.6 Å². The van der Waals surface area contributed by atoms with Crippen LogP contribution < -0.4 is 5.32 Å². The number of imide groups is 2. The highest BCUT2D eigenvalue weighted by Crippen LogP contribution is 2.25. The molecule has 30 heavy (non-hydrogen) atoms. The molecule has 0 spiro atoms. The van der Waals surface area contributed by atoms with Gasteiger partial charge in [0.15, 0.2) is 0 Å². The first-order valence-electron chi connectivity index (χ1n) is 9.22. The van der Waals surface area contributed by atoms with Gasteiger partial charge in [-0.05, 0) is 55.8 Å². The van der Waals surface area contributed by atoms with Gasteiger partial charge in [-0.3, -0.25) is 19.8 Å². The van der Waals surface area contributed by atoms with Crippen LogP contribution in [0.1, 0.15) is 22.7 Å². The summed E-state index contributed by atoms with van der Waals surface area (Å²) in [6.45, 7) is 3.47. The van der Waals surface area contributed by atoms with Crippen molar-refractivity contribution in [3.63, 3.8) is 0 Å². The minimum Gasteiger partial charge on any atom is -0.467 e. The number of para-hydroxylation sites is 1. The predicted molar refractivity (Wildman–Crippen MR) is 106 cm³/mol. The van der Waals surface area contributed by atoms with E-state index in [2.05, 4.69) is 5.32 Å². The van der Waals surface area contributed by atoms with Crippen LogP contribution in [0.3, 0.4) is 0 Å². The van der Waals surface area contributed by atoms with Gasteiger partial charge in [0.2, 0.25) is 0 Å².